The molecule has 0 aliphatic carbocycles. The molecule has 0 aliphatic heterocycles. The molecule has 0 aliphatic rings. The van der Waals surface area contributed by atoms with Gasteiger partial charge in [0.15, 0.2) is 0 Å². The second-order valence-electron chi connectivity index (χ2n) is 2.74. The first-order chi connectivity index (χ1) is 7.00. The van der Waals surface area contributed by atoms with Gasteiger partial charge in [0.1, 0.15) is 0 Å². The summed E-state index contributed by atoms with van der Waals surface area (Å²) in [5, 5.41) is 9.72. The summed E-state index contributed by atoms with van der Waals surface area (Å²) in [6, 6.07) is 0. The molecular weight excluding hydrogens is 285 g/mol. The lowest BCUT2D eigenvalue weighted by Crippen LogP contribution is -2.66. The molecule has 12 heteroatoms. The summed E-state index contributed by atoms with van der Waals surface area (Å²) >= 11 is 0. The van der Waals surface area contributed by atoms with Crippen LogP contribution < -0.4 is 0 Å². The predicted octanol–water partition coefficient (Wildman–Crippen LogP) is 3.48. The first-order valence-corrected chi connectivity index (χ1v) is 3.28. The smallest absolute Gasteiger partial charge is 0.192 e. The third-order valence-electron chi connectivity index (χ3n) is 1.52. The lowest BCUT2D eigenvalue weighted by atomic mass is 10.0. The fraction of sp³-hybridized carbons (Fsp3) is 1.00. The van der Waals surface area contributed by atoms with Gasteiger partial charge in [-0.25, -0.2) is 0 Å². The van der Waals surface area contributed by atoms with Gasteiger partial charge in [-0.3, -0.25) is 0 Å². The van der Waals surface area contributed by atoms with Crippen molar-refractivity contribution in [1.29, 1.82) is 0 Å². The molecule has 0 N–H and O–H groups in total. The number of alkyl halides is 11. The van der Waals surface area contributed by atoms with Crippen molar-refractivity contribution in [2.75, 3.05) is 0 Å². The highest BCUT2D eigenvalue weighted by atomic mass is 19.4. The van der Waals surface area contributed by atoms with Crippen LogP contribution in [0.5, 0.6) is 0 Å². The maximum atomic E-state index is 12.1. The Bertz CT molecular complexity index is 255. The van der Waals surface area contributed by atoms with Gasteiger partial charge in [0.05, 0.1) is 0 Å². The van der Waals surface area contributed by atoms with Crippen molar-refractivity contribution < 1.29 is 53.4 Å². The van der Waals surface area contributed by atoms with Gasteiger partial charge in [-0.1, -0.05) is 0 Å². The Balaban J connectivity index is 5.73. The van der Waals surface area contributed by atoms with Crippen molar-refractivity contribution in [3.05, 3.63) is 0 Å². The molecule has 0 bridgehead atoms. The van der Waals surface area contributed by atoms with Gasteiger partial charge in [-0.2, -0.15) is 53.4 Å². The first-order valence-electron chi connectivity index (χ1n) is 3.28. The van der Waals surface area contributed by atoms with Gasteiger partial charge in [0, 0.05) is 0 Å². The third kappa shape index (κ3) is 2.13. The highest BCUT2D eigenvalue weighted by Gasteiger charge is 2.87. The van der Waals surface area contributed by atoms with Crippen LogP contribution in [0.1, 0.15) is 0 Å². The zero-order chi connectivity index (χ0) is 14.5. The van der Waals surface area contributed by atoms with Gasteiger partial charge in [0.25, 0.3) is 0 Å². The van der Waals surface area contributed by atoms with E-state index in [1.807, 2.05) is 0 Å². The van der Waals surface area contributed by atoms with Crippen LogP contribution in [0.4, 0.5) is 48.3 Å². The fourth-order valence-corrected chi connectivity index (χ4v) is 0.558. The summed E-state index contributed by atoms with van der Waals surface area (Å²) < 4.78 is 128. The van der Waals surface area contributed by atoms with E-state index in [0.717, 1.165) is 0 Å². The molecule has 0 fully saturated rings. The zero-order valence-electron chi connectivity index (χ0n) is 7.07. The Morgan fingerprint density at radius 3 is 0.941 bits per heavy atom. The summed E-state index contributed by atoms with van der Waals surface area (Å²) in [6.07, 6.45) is -14.4. The topological polar surface area (TPSA) is 19.9 Å². The summed E-state index contributed by atoms with van der Waals surface area (Å²) in [7, 11) is 0. The van der Waals surface area contributed by atoms with Crippen LogP contribution in [0, 0.1) is 0 Å². The minimum absolute atomic E-state index is 7.15. The van der Waals surface area contributed by atoms with Crippen molar-refractivity contribution in [3.8, 4) is 0 Å². The minimum Gasteiger partial charge on any atom is -0.192 e. The Kier molecular flexibility index (Phi) is 3.42. The van der Waals surface area contributed by atoms with E-state index in [0.29, 0.717) is 0 Å². The van der Waals surface area contributed by atoms with Gasteiger partial charge < -0.3 is 0 Å². The Morgan fingerprint density at radius 2 is 0.765 bits per heavy atom. The molecular formula is C5F11O. The van der Waals surface area contributed by atoms with E-state index in [4.69, 9.17) is 0 Å². The lowest BCUT2D eigenvalue weighted by molar-refractivity contribution is -0.468. The highest BCUT2D eigenvalue weighted by molar-refractivity contribution is 5.02. The quantitative estimate of drug-likeness (QED) is 0.692. The second kappa shape index (κ2) is 3.59. The van der Waals surface area contributed by atoms with Crippen LogP contribution >= 0.6 is 0 Å². The van der Waals surface area contributed by atoms with E-state index in [-0.39, 0.29) is 0 Å². The fourth-order valence-electron chi connectivity index (χ4n) is 0.558. The van der Waals surface area contributed by atoms with E-state index in [1.165, 1.54) is 0 Å². The molecule has 0 aromatic heterocycles. The van der Waals surface area contributed by atoms with Crippen molar-refractivity contribution in [2.24, 2.45) is 0 Å². The number of hydrogen-bond donors (Lipinski definition) is 0. The average Bonchev–Trinajstić information content (AvgIpc) is 1.98. The first kappa shape index (κ1) is 16.2. The number of hydrogen-bond acceptors (Lipinski definition) is 0. The molecule has 0 saturated carbocycles. The Morgan fingerprint density at radius 1 is 0.471 bits per heavy atom. The number of halogens is 11. The van der Waals surface area contributed by atoms with E-state index in [9.17, 15) is 53.4 Å². The Hall–Kier alpha value is -0.810. The summed E-state index contributed by atoms with van der Waals surface area (Å²) in [4.78, 5) is 0. The van der Waals surface area contributed by atoms with Crippen LogP contribution in [-0.2, 0) is 5.11 Å². The van der Waals surface area contributed by atoms with Crippen LogP contribution in [0.3, 0.4) is 0 Å². The summed E-state index contributed by atoms with van der Waals surface area (Å²) in [6.45, 7) is 0. The van der Waals surface area contributed by atoms with Crippen LogP contribution in [-0.4, -0.2) is 30.1 Å². The lowest BCUT2D eigenvalue weighted by Gasteiger charge is -2.34. The van der Waals surface area contributed by atoms with Crippen LogP contribution in [0.2, 0.25) is 0 Å². The largest absolute Gasteiger partial charge is 0.460 e. The average molecular weight is 285 g/mol. The predicted molar refractivity (Wildman–Crippen MR) is 26.5 cm³/mol. The van der Waals surface area contributed by atoms with Gasteiger partial charge >= 0.3 is 30.1 Å². The Labute approximate surface area is 84.8 Å². The second-order valence-corrected chi connectivity index (χ2v) is 2.74. The molecule has 103 valence electrons. The minimum atomic E-state index is -7.55. The van der Waals surface area contributed by atoms with Crippen LogP contribution in [0.15, 0.2) is 0 Å². The molecule has 1 unspecified atom stereocenters. The van der Waals surface area contributed by atoms with Crippen LogP contribution in [0.25, 0.3) is 0 Å². The molecule has 0 rings (SSSR count). The maximum absolute atomic E-state index is 12.1. The van der Waals surface area contributed by atoms with Gasteiger partial charge in [-0.05, 0) is 0 Å². The molecule has 1 atom stereocenters. The van der Waals surface area contributed by atoms with Crippen molar-refractivity contribution in [2.45, 2.75) is 30.1 Å². The standard InChI is InChI=1S/C5F11O/c6-1(7,2(8,9)4(11,12)13)3(10,17)5(14,15)16. The SMILES string of the molecule is [O]C(F)(C(F)(F)F)C(F)(F)C(F)(F)C(F)(F)F. The van der Waals surface area contributed by atoms with Crippen molar-refractivity contribution >= 4 is 0 Å². The summed E-state index contributed by atoms with van der Waals surface area (Å²) in [5.41, 5.74) is 0. The van der Waals surface area contributed by atoms with Crippen molar-refractivity contribution in [1.82, 2.24) is 0 Å². The highest BCUT2D eigenvalue weighted by Crippen LogP contribution is 2.56. The third-order valence-corrected chi connectivity index (χ3v) is 1.52. The van der Waals surface area contributed by atoms with E-state index < -0.39 is 30.1 Å². The molecule has 1 nitrogen and oxygen atoms in total. The number of rotatable bonds is 2. The molecule has 0 amide bonds. The zero-order valence-corrected chi connectivity index (χ0v) is 7.07. The maximum Gasteiger partial charge on any atom is 0.460 e. The van der Waals surface area contributed by atoms with Gasteiger partial charge in [0.2, 0.25) is 0 Å². The van der Waals surface area contributed by atoms with E-state index in [1.54, 1.807) is 0 Å². The molecule has 17 heavy (non-hydrogen) atoms. The van der Waals surface area contributed by atoms with E-state index in [2.05, 4.69) is 0 Å². The molecule has 0 aromatic rings. The van der Waals surface area contributed by atoms with Gasteiger partial charge in [-0.15, -0.1) is 0 Å². The monoisotopic (exact) mass is 285 g/mol. The normalized spacial score (nSPS) is 19.1. The molecule has 0 spiro atoms. The molecule has 1 radical (unpaired) electrons. The van der Waals surface area contributed by atoms with Crippen molar-refractivity contribution in [3.63, 3.8) is 0 Å². The molecule has 0 aromatic carbocycles. The van der Waals surface area contributed by atoms with E-state index >= 15 is 0 Å². The summed E-state index contributed by atoms with van der Waals surface area (Å²) in [5.74, 6) is -22.3. The molecule has 0 saturated heterocycles. The molecule has 0 heterocycles.